The van der Waals surface area contributed by atoms with E-state index < -0.39 is 6.10 Å². The first kappa shape index (κ1) is 16.1. The fourth-order valence-corrected chi connectivity index (χ4v) is 3.74. The van der Waals surface area contributed by atoms with Gasteiger partial charge in [0, 0.05) is 12.1 Å². The molecule has 132 valence electrons. The molecule has 2 aromatic carbocycles. The van der Waals surface area contributed by atoms with Crippen LogP contribution >= 0.6 is 0 Å². The Morgan fingerprint density at radius 2 is 1.88 bits per heavy atom. The molecule has 0 aliphatic carbocycles. The second kappa shape index (κ2) is 6.13. The van der Waals surface area contributed by atoms with E-state index in [9.17, 15) is 5.11 Å². The second-order valence-corrected chi connectivity index (χ2v) is 6.29. The van der Waals surface area contributed by atoms with Crippen molar-refractivity contribution < 1.29 is 24.1 Å². The average molecular weight is 343 g/mol. The maximum absolute atomic E-state index is 11.1. The van der Waals surface area contributed by atoms with Crippen molar-refractivity contribution in [2.24, 2.45) is 0 Å². The van der Waals surface area contributed by atoms with E-state index in [2.05, 4.69) is 4.90 Å². The van der Waals surface area contributed by atoms with E-state index in [0.717, 1.165) is 28.2 Å². The molecule has 2 aliphatic heterocycles. The van der Waals surface area contributed by atoms with E-state index in [1.807, 2.05) is 37.4 Å². The molecule has 25 heavy (non-hydrogen) atoms. The van der Waals surface area contributed by atoms with Gasteiger partial charge in [-0.3, -0.25) is 4.90 Å². The molecule has 0 unspecified atom stereocenters. The van der Waals surface area contributed by atoms with Crippen LogP contribution in [0.2, 0.25) is 0 Å². The van der Waals surface area contributed by atoms with Gasteiger partial charge in [0.2, 0.25) is 6.79 Å². The maximum atomic E-state index is 11.1. The van der Waals surface area contributed by atoms with Crippen LogP contribution in [0.4, 0.5) is 0 Å². The molecule has 2 heterocycles. The zero-order valence-corrected chi connectivity index (χ0v) is 14.5. The van der Waals surface area contributed by atoms with Gasteiger partial charge in [-0.05, 0) is 36.4 Å². The zero-order valence-electron chi connectivity index (χ0n) is 14.5. The summed E-state index contributed by atoms with van der Waals surface area (Å²) in [5, 5.41) is 11.1. The van der Waals surface area contributed by atoms with Gasteiger partial charge in [-0.2, -0.15) is 0 Å². The molecule has 6 nitrogen and oxygen atoms in total. The number of aliphatic hydroxyl groups excluding tert-OH is 1. The molecule has 2 aliphatic rings. The van der Waals surface area contributed by atoms with E-state index in [4.69, 9.17) is 18.9 Å². The summed E-state index contributed by atoms with van der Waals surface area (Å²) in [6.07, 6.45) is -0.686. The number of hydrogen-bond donors (Lipinski definition) is 1. The van der Waals surface area contributed by atoms with Gasteiger partial charge in [-0.15, -0.1) is 0 Å². The summed E-state index contributed by atoms with van der Waals surface area (Å²) in [6, 6.07) is 9.38. The molecule has 0 saturated heterocycles. The number of nitrogens with zero attached hydrogens (tertiary/aromatic N) is 1. The fourth-order valence-electron chi connectivity index (χ4n) is 3.74. The number of hydrogen-bond acceptors (Lipinski definition) is 6. The highest BCUT2D eigenvalue weighted by Crippen LogP contribution is 2.47. The molecule has 1 N–H and O–H groups in total. The van der Waals surface area contributed by atoms with Crippen molar-refractivity contribution in [1.82, 2.24) is 4.90 Å². The predicted molar refractivity (Wildman–Crippen MR) is 91.3 cm³/mol. The van der Waals surface area contributed by atoms with E-state index in [1.165, 1.54) is 0 Å². The van der Waals surface area contributed by atoms with Gasteiger partial charge in [0.05, 0.1) is 26.4 Å². The third-order valence-corrected chi connectivity index (χ3v) is 4.92. The smallest absolute Gasteiger partial charge is 0.231 e. The number of aliphatic hydroxyl groups is 1. The number of benzene rings is 2. The van der Waals surface area contributed by atoms with Crippen LogP contribution in [-0.4, -0.2) is 38.1 Å². The maximum Gasteiger partial charge on any atom is 0.231 e. The molecule has 6 heteroatoms. The van der Waals surface area contributed by atoms with Crippen LogP contribution < -0.4 is 18.9 Å². The molecule has 0 spiro atoms. The van der Waals surface area contributed by atoms with Crippen LogP contribution in [0.5, 0.6) is 23.0 Å². The van der Waals surface area contributed by atoms with Crippen LogP contribution in [-0.2, 0) is 6.54 Å². The molecule has 0 fully saturated rings. The predicted octanol–water partition coefficient (Wildman–Crippen LogP) is 2.65. The number of fused-ring (bicyclic) bond motifs is 2. The molecule has 4 rings (SSSR count). The number of rotatable bonds is 3. The largest absolute Gasteiger partial charge is 0.493 e. The lowest BCUT2D eigenvalue weighted by molar-refractivity contribution is 0.0412. The number of ether oxygens (including phenoxy) is 4. The van der Waals surface area contributed by atoms with Crippen molar-refractivity contribution in [3.63, 3.8) is 0 Å². The minimum atomic E-state index is -0.686. The van der Waals surface area contributed by atoms with Gasteiger partial charge < -0.3 is 24.1 Å². The van der Waals surface area contributed by atoms with Gasteiger partial charge in [0.1, 0.15) is 0 Å². The SMILES string of the molecule is COc1ccc2c(c1OC)CN(C)[C@@H](c1ccc3c(c1)OCO3)[C@H]2O. The summed E-state index contributed by atoms with van der Waals surface area (Å²) in [4.78, 5) is 2.10. The Labute approximate surface area is 146 Å². The van der Waals surface area contributed by atoms with Gasteiger partial charge >= 0.3 is 0 Å². The lowest BCUT2D eigenvalue weighted by Crippen LogP contribution is -2.34. The first-order valence-corrected chi connectivity index (χ1v) is 8.15. The first-order chi connectivity index (χ1) is 12.1. The van der Waals surface area contributed by atoms with Gasteiger partial charge in [0.15, 0.2) is 23.0 Å². The van der Waals surface area contributed by atoms with E-state index in [1.54, 1.807) is 14.2 Å². The van der Waals surface area contributed by atoms with Crippen molar-refractivity contribution in [2.75, 3.05) is 28.1 Å². The first-order valence-electron chi connectivity index (χ1n) is 8.15. The Kier molecular flexibility index (Phi) is 3.94. The lowest BCUT2D eigenvalue weighted by atomic mass is 9.87. The van der Waals surface area contributed by atoms with Crippen LogP contribution in [0.15, 0.2) is 30.3 Å². The Morgan fingerprint density at radius 3 is 2.64 bits per heavy atom. The topological polar surface area (TPSA) is 60.4 Å². The Hall–Kier alpha value is -2.44. The summed E-state index contributed by atoms with van der Waals surface area (Å²) < 4.78 is 21.8. The molecule has 2 atom stereocenters. The molecule has 0 aromatic heterocycles. The summed E-state index contributed by atoms with van der Waals surface area (Å²) >= 11 is 0. The molecule has 0 bridgehead atoms. The van der Waals surface area contributed by atoms with Crippen molar-refractivity contribution in [1.29, 1.82) is 0 Å². The molecular weight excluding hydrogens is 322 g/mol. The zero-order chi connectivity index (χ0) is 17.6. The summed E-state index contributed by atoms with van der Waals surface area (Å²) in [5.41, 5.74) is 2.80. The van der Waals surface area contributed by atoms with E-state index >= 15 is 0 Å². The highest BCUT2D eigenvalue weighted by atomic mass is 16.7. The Bertz CT molecular complexity index is 807. The van der Waals surface area contributed by atoms with Crippen molar-refractivity contribution >= 4 is 0 Å². The van der Waals surface area contributed by atoms with Crippen molar-refractivity contribution in [2.45, 2.75) is 18.7 Å². The van der Waals surface area contributed by atoms with Crippen LogP contribution in [0.3, 0.4) is 0 Å². The molecule has 0 radical (unpaired) electrons. The van der Waals surface area contributed by atoms with Crippen LogP contribution in [0, 0.1) is 0 Å². The van der Waals surface area contributed by atoms with Crippen molar-refractivity contribution in [3.8, 4) is 23.0 Å². The highest BCUT2D eigenvalue weighted by molar-refractivity contribution is 5.54. The normalized spacial score (nSPS) is 21.8. The Morgan fingerprint density at radius 1 is 1.08 bits per heavy atom. The quantitative estimate of drug-likeness (QED) is 0.925. The van der Waals surface area contributed by atoms with E-state index in [0.29, 0.717) is 18.0 Å². The van der Waals surface area contributed by atoms with Crippen LogP contribution in [0.25, 0.3) is 0 Å². The number of methoxy groups -OCH3 is 2. The monoisotopic (exact) mass is 343 g/mol. The lowest BCUT2D eigenvalue weighted by Gasteiger charge is -2.39. The van der Waals surface area contributed by atoms with Crippen molar-refractivity contribution in [3.05, 3.63) is 47.0 Å². The second-order valence-electron chi connectivity index (χ2n) is 6.29. The molecule has 0 saturated carbocycles. The summed E-state index contributed by atoms with van der Waals surface area (Å²) in [7, 11) is 5.22. The average Bonchev–Trinajstić information content (AvgIpc) is 3.08. The summed E-state index contributed by atoms with van der Waals surface area (Å²) in [6.45, 7) is 0.882. The number of likely N-dealkylation sites (N-methyl/N-ethyl adjacent to an activating group) is 1. The van der Waals surface area contributed by atoms with Gasteiger partial charge in [-0.1, -0.05) is 12.1 Å². The standard InChI is InChI=1S/C19H21NO5/c1-20-9-13-12(5-7-15(22-2)19(13)23-3)18(21)17(20)11-4-6-14-16(8-11)25-10-24-14/h4-8,17-18,21H,9-10H2,1-3H3/t17-,18-/m0/s1. The van der Waals surface area contributed by atoms with Crippen LogP contribution in [0.1, 0.15) is 28.8 Å². The highest BCUT2D eigenvalue weighted by Gasteiger charge is 2.36. The summed E-state index contributed by atoms with van der Waals surface area (Å²) in [5.74, 6) is 2.80. The minimum absolute atomic E-state index is 0.180. The molecule has 2 aromatic rings. The van der Waals surface area contributed by atoms with Gasteiger partial charge in [0.25, 0.3) is 0 Å². The molecule has 0 amide bonds. The third-order valence-electron chi connectivity index (χ3n) is 4.92. The third kappa shape index (κ3) is 2.49. The Balaban J connectivity index is 1.76. The minimum Gasteiger partial charge on any atom is -0.493 e. The van der Waals surface area contributed by atoms with E-state index in [-0.39, 0.29) is 12.8 Å². The fraction of sp³-hybridized carbons (Fsp3) is 0.368. The molecular formula is C19H21NO5. The van der Waals surface area contributed by atoms with Gasteiger partial charge in [-0.25, -0.2) is 0 Å².